The molecule has 2 heterocycles. The smallest absolute Gasteiger partial charge is 0.252 e. The first-order valence-corrected chi connectivity index (χ1v) is 9.26. The molecule has 0 saturated carbocycles. The molecule has 1 aromatic heterocycles. The van der Waals surface area contributed by atoms with Gasteiger partial charge in [-0.2, -0.15) is 4.31 Å². The first-order valence-electron chi connectivity index (χ1n) is 6.63. The van der Waals surface area contributed by atoms with Crippen LogP contribution in [0.25, 0.3) is 0 Å². The number of carbonyl (C=O) groups excluding carboxylic acids is 1. The second-order valence-corrected chi connectivity index (χ2v) is 8.58. The minimum absolute atomic E-state index is 0.0561. The molecule has 1 aromatic rings. The monoisotopic (exact) mass is 351 g/mol. The Morgan fingerprint density at radius 3 is 2.52 bits per heavy atom. The largest absolute Gasteiger partial charge is 0.340 e. The molecule has 0 unspecified atom stereocenters. The molecule has 0 radical (unpaired) electrons. The van der Waals surface area contributed by atoms with Gasteiger partial charge in [-0.3, -0.25) is 4.79 Å². The van der Waals surface area contributed by atoms with Crippen LogP contribution in [0.5, 0.6) is 0 Å². The van der Waals surface area contributed by atoms with Crippen LogP contribution in [-0.2, 0) is 14.8 Å². The van der Waals surface area contributed by atoms with E-state index >= 15 is 0 Å². The number of rotatable bonds is 5. The van der Waals surface area contributed by atoms with E-state index in [2.05, 4.69) is 5.32 Å². The average molecular weight is 352 g/mol. The van der Waals surface area contributed by atoms with Gasteiger partial charge in [0.2, 0.25) is 5.91 Å². The molecule has 9 heteroatoms. The SMILES string of the molecule is CNCCC(=O)N1CCN(S(=O)(=O)c2ccc(Cl)s2)CC1. The number of thiophene rings is 1. The fraction of sp³-hybridized carbons (Fsp3) is 0.583. The zero-order valence-electron chi connectivity index (χ0n) is 11.7. The number of hydrogen-bond acceptors (Lipinski definition) is 5. The van der Waals surface area contributed by atoms with Crippen molar-refractivity contribution in [3.63, 3.8) is 0 Å². The lowest BCUT2D eigenvalue weighted by molar-refractivity contribution is -0.132. The van der Waals surface area contributed by atoms with Crippen LogP contribution in [0.4, 0.5) is 0 Å². The Labute approximate surface area is 133 Å². The van der Waals surface area contributed by atoms with Crippen molar-refractivity contribution in [2.45, 2.75) is 10.6 Å². The maximum absolute atomic E-state index is 12.4. The number of hydrogen-bond donors (Lipinski definition) is 1. The first kappa shape index (κ1) is 16.7. The maximum atomic E-state index is 12.4. The molecule has 0 bridgehead atoms. The summed E-state index contributed by atoms with van der Waals surface area (Å²) in [5, 5.41) is 2.93. The molecule has 1 aliphatic rings. The maximum Gasteiger partial charge on any atom is 0.252 e. The van der Waals surface area contributed by atoms with E-state index in [1.54, 1.807) is 18.0 Å². The summed E-state index contributed by atoms with van der Waals surface area (Å²) < 4.78 is 26.9. The summed E-state index contributed by atoms with van der Waals surface area (Å²) >= 11 is 6.85. The fourth-order valence-corrected chi connectivity index (χ4v) is 5.19. The summed E-state index contributed by atoms with van der Waals surface area (Å²) in [7, 11) is -1.69. The summed E-state index contributed by atoms with van der Waals surface area (Å²) in [6, 6.07) is 3.10. The van der Waals surface area contributed by atoms with E-state index in [-0.39, 0.29) is 10.1 Å². The zero-order valence-corrected chi connectivity index (χ0v) is 14.1. The van der Waals surface area contributed by atoms with Crippen molar-refractivity contribution in [3.8, 4) is 0 Å². The van der Waals surface area contributed by atoms with Gasteiger partial charge in [0.05, 0.1) is 4.34 Å². The lowest BCUT2D eigenvalue weighted by Gasteiger charge is -2.33. The predicted molar refractivity (Wildman–Crippen MR) is 83.2 cm³/mol. The minimum Gasteiger partial charge on any atom is -0.340 e. The number of nitrogens with zero attached hydrogens (tertiary/aromatic N) is 2. The molecule has 0 atom stereocenters. The summed E-state index contributed by atoms with van der Waals surface area (Å²) in [6.07, 6.45) is 0.434. The Morgan fingerprint density at radius 2 is 2.00 bits per heavy atom. The minimum atomic E-state index is -3.49. The van der Waals surface area contributed by atoms with Gasteiger partial charge in [-0.05, 0) is 19.2 Å². The van der Waals surface area contributed by atoms with Gasteiger partial charge in [-0.1, -0.05) is 11.6 Å². The highest BCUT2D eigenvalue weighted by Gasteiger charge is 2.30. The van der Waals surface area contributed by atoms with E-state index < -0.39 is 10.0 Å². The number of sulfonamides is 1. The molecule has 1 amide bonds. The standard InChI is InChI=1S/C12H18ClN3O3S2/c1-14-5-4-11(17)15-6-8-16(9-7-15)21(18,19)12-3-2-10(13)20-12/h2-3,14H,4-9H2,1H3. The normalized spacial score (nSPS) is 17.1. The first-order chi connectivity index (χ1) is 9.95. The molecular weight excluding hydrogens is 334 g/mol. The highest BCUT2D eigenvalue weighted by Crippen LogP contribution is 2.28. The third-order valence-corrected chi connectivity index (χ3v) is 6.92. The summed E-state index contributed by atoms with van der Waals surface area (Å²) in [5.41, 5.74) is 0. The number of piperazine rings is 1. The Hall–Kier alpha value is -0.670. The van der Waals surface area contributed by atoms with E-state index in [0.29, 0.717) is 43.5 Å². The fourth-order valence-electron chi connectivity index (χ4n) is 2.13. The summed E-state index contributed by atoms with van der Waals surface area (Å²) in [4.78, 5) is 13.6. The highest BCUT2D eigenvalue weighted by molar-refractivity contribution is 7.91. The van der Waals surface area contributed by atoms with E-state index in [9.17, 15) is 13.2 Å². The number of amides is 1. The molecule has 118 valence electrons. The van der Waals surface area contributed by atoms with E-state index in [1.165, 1.54) is 10.4 Å². The topological polar surface area (TPSA) is 69.7 Å². The Balaban J connectivity index is 1.96. The Kier molecular flexibility index (Phi) is 5.61. The van der Waals surface area contributed by atoms with Gasteiger partial charge in [0, 0.05) is 39.1 Å². The lowest BCUT2D eigenvalue weighted by Crippen LogP contribution is -2.50. The predicted octanol–water partition coefficient (Wildman–Crippen LogP) is 0.844. The molecule has 2 rings (SSSR count). The van der Waals surface area contributed by atoms with Gasteiger partial charge < -0.3 is 10.2 Å². The molecule has 0 aromatic carbocycles. The van der Waals surface area contributed by atoms with Gasteiger partial charge in [-0.25, -0.2) is 8.42 Å². The molecule has 21 heavy (non-hydrogen) atoms. The quantitative estimate of drug-likeness (QED) is 0.853. The molecule has 1 aliphatic heterocycles. The Morgan fingerprint density at radius 1 is 1.33 bits per heavy atom. The van der Waals surface area contributed by atoms with Crippen LogP contribution < -0.4 is 5.32 Å². The second-order valence-electron chi connectivity index (χ2n) is 4.70. The van der Waals surface area contributed by atoms with Crippen LogP contribution in [0, 0.1) is 0 Å². The summed E-state index contributed by atoms with van der Waals surface area (Å²) in [5.74, 6) is 0.0561. The van der Waals surface area contributed by atoms with Crippen molar-refractivity contribution in [1.29, 1.82) is 0 Å². The van der Waals surface area contributed by atoms with Crippen molar-refractivity contribution >= 4 is 38.9 Å². The van der Waals surface area contributed by atoms with Crippen LogP contribution in [0.2, 0.25) is 4.34 Å². The number of nitrogens with one attached hydrogen (secondary N) is 1. The number of carbonyl (C=O) groups is 1. The lowest BCUT2D eigenvalue weighted by atomic mass is 10.3. The second kappa shape index (κ2) is 7.06. The average Bonchev–Trinajstić information content (AvgIpc) is 2.92. The molecular formula is C12H18ClN3O3S2. The van der Waals surface area contributed by atoms with Gasteiger partial charge in [-0.15, -0.1) is 11.3 Å². The van der Waals surface area contributed by atoms with Crippen molar-refractivity contribution in [2.24, 2.45) is 0 Å². The van der Waals surface area contributed by atoms with Crippen molar-refractivity contribution in [3.05, 3.63) is 16.5 Å². The van der Waals surface area contributed by atoms with Crippen LogP contribution in [0.1, 0.15) is 6.42 Å². The third kappa shape index (κ3) is 3.95. The Bertz CT molecular complexity index is 595. The molecule has 1 saturated heterocycles. The van der Waals surface area contributed by atoms with E-state index in [1.807, 2.05) is 0 Å². The van der Waals surface area contributed by atoms with Gasteiger partial charge >= 0.3 is 0 Å². The third-order valence-electron chi connectivity index (χ3n) is 3.32. The highest BCUT2D eigenvalue weighted by atomic mass is 35.5. The van der Waals surface area contributed by atoms with Gasteiger partial charge in [0.15, 0.2) is 0 Å². The van der Waals surface area contributed by atoms with Crippen LogP contribution in [0.3, 0.4) is 0 Å². The molecule has 1 N–H and O–H groups in total. The van der Waals surface area contributed by atoms with Crippen LogP contribution in [-0.4, -0.2) is 63.3 Å². The molecule has 0 aliphatic carbocycles. The van der Waals surface area contributed by atoms with Crippen LogP contribution in [0.15, 0.2) is 16.3 Å². The number of halogens is 1. The molecule has 6 nitrogen and oxygen atoms in total. The van der Waals surface area contributed by atoms with E-state index in [4.69, 9.17) is 11.6 Å². The molecule has 1 fully saturated rings. The van der Waals surface area contributed by atoms with Crippen molar-refractivity contribution in [1.82, 2.24) is 14.5 Å². The van der Waals surface area contributed by atoms with Gasteiger partial charge in [0.25, 0.3) is 10.0 Å². The van der Waals surface area contributed by atoms with Gasteiger partial charge in [0.1, 0.15) is 4.21 Å². The van der Waals surface area contributed by atoms with Crippen LogP contribution >= 0.6 is 22.9 Å². The van der Waals surface area contributed by atoms with E-state index in [0.717, 1.165) is 11.3 Å². The molecule has 0 spiro atoms. The zero-order chi connectivity index (χ0) is 15.5. The van der Waals surface area contributed by atoms with Crippen molar-refractivity contribution < 1.29 is 13.2 Å². The summed E-state index contributed by atoms with van der Waals surface area (Å²) in [6.45, 7) is 2.14. The van der Waals surface area contributed by atoms with Crippen molar-refractivity contribution in [2.75, 3.05) is 39.8 Å².